The molecule has 7 heteroatoms. The summed E-state index contributed by atoms with van der Waals surface area (Å²) in [6.07, 6.45) is 5.24. The van der Waals surface area contributed by atoms with Crippen LogP contribution < -0.4 is 0 Å². The van der Waals surface area contributed by atoms with E-state index in [1.807, 2.05) is 27.0 Å². The van der Waals surface area contributed by atoms with Gasteiger partial charge in [-0.05, 0) is 27.0 Å². The lowest BCUT2D eigenvalue weighted by Gasteiger charge is -2.19. The first-order valence-corrected chi connectivity index (χ1v) is 7.06. The topological polar surface area (TPSA) is 69.9 Å². The van der Waals surface area contributed by atoms with Crippen LogP contribution in [0.2, 0.25) is 0 Å². The summed E-state index contributed by atoms with van der Waals surface area (Å²) in [7, 11) is 0. The normalized spacial score (nSPS) is 11.8. The van der Waals surface area contributed by atoms with Crippen LogP contribution >= 0.6 is 11.8 Å². The molecule has 0 aromatic carbocycles. The van der Waals surface area contributed by atoms with Gasteiger partial charge in [0.15, 0.2) is 10.8 Å². The van der Waals surface area contributed by atoms with Gasteiger partial charge in [0, 0.05) is 6.20 Å². The van der Waals surface area contributed by atoms with Gasteiger partial charge in [-0.15, -0.1) is 0 Å². The second-order valence-electron chi connectivity index (χ2n) is 5.02. The summed E-state index contributed by atoms with van der Waals surface area (Å²) in [5.41, 5.74) is 0.143. The lowest BCUT2D eigenvalue weighted by atomic mass is 10.2. The fraction of sp³-hybridized carbons (Fsp3) is 0.500. The molecule has 102 valence electrons. The Balaban J connectivity index is 2.23. The monoisotopic (exact) mass is 280 g/mol. The molecule has 0 spiro atoms. The molecule has 0 bridgehead atoms. The second-order valence-corrected chi connectivity index (χ2v) is 5.80. The van der Waals surface area contributed by atoms with Crippen LogP contribution in [0.5, 0.6) is 0 Å². The maximum atomic E-state index is 11.8. The van der Waals surface area contributed by atoms with Crippen LogP contribution in [0.15, 0.2) is 17.6 Å². The Morgan fingerprint density at radius 2 is 2.16 bits per heavy atom. The first-order chi connectivity index (χ1) is 8.89. The number of rotatable bonds is 3. The quantitative estimate of drug-likeness (QED) is 0.486. The predicted octanol–water partition coefficient (Wildman–Crippen LogP) is 1.89. The van der Waals surface area contributed by atoms with Crippen molar-refractivity contribution in [3.8, 4) is 0 Å². The Kier molecular flexibility index (Phi) is 3.75. The molecular formula is C12H16N4O2S. The Morgan fingerprint density at radius 1 is 1.42 bits per heavy atom. The molecule has 0 amide bonds. The molecule has 0 atom stereocenters. The number of esters is 1. The van der Waals surface area contributed by atoms with Crippen LogP contribution in [0.4, 0.5) is 0 Å². The zero-order valence-corrected chi connectivity index (χ0v) is 12.2. The third kappa shape index (κ3) is 3.44. The number of thioether (sulfide) groups is 1. The van der Waals surface area contributed by atoms with E-state index in [0.29, 0.717) is 10.8 Å². The van der Waals surface area contributed by atoms with Gasteiger partial charge in [-0.2, -0.15) is 5.10 Å². The van der Waals surface area contributed by atoms with Crippen LogP contribution in [0.25, 0.3) is 11.0 Å². The number of hydrogen-bond acceptors (Lipinski definition) is 6. The summed E-state index contributed by atoms with van der Waals surface area (Å²) >= 11 is 1.45. The van der Waals surface area contributed by atoms with E-state index in [1.54, 1.807) is 12.4 Å². The number of carbonyl (C=O) groups excluding carboxylic acids is 1. The van der Waals surface area contributed by atoms with E-state index in [-0.39, 0.29) is 12.5 Å². The molecule has 0 aliphatic rings. The van der Waals surface area contributed by atoms with Crippen molar-refractivity contribution in [1.82, 2.24) is 19.7 Å². The molecule has 6 nitrogen and oxygen atoms in total. The third-order valence-electron chi connectivity index (χ3n) is 2.24. The number of fused-ring (bicyclic) bond motifs is 1. The number of carbonyl (C=O) groups is 1. The fourth-order valence-corrected chi connectivity index (χ4v) is 1.90. The maximum Gasteiger partial charge on any atom is 0.328 e. The van der Waals surface area contributed by atoms with Gasteiger partial charge < -0.3 is 4.74 Å². The maximum absolute atomic E-state index is 11.8. The molecule has 2 heterocycles. The van der Waals surface area contributed by atoms with Crippen LogP contribution in [0.1, 0.15) is 20.8 Å². The first-order valence-electron chi connectivity index (χ1n) is 5.83. The van der Waals surface area contributed by atoms with Crippen molar-refractivity contribution in [3.63, 3.8) is 0 Å². The third-order valence-corrected chi connectivity index (χ3v) is 2.80. The van der Waals surface area contributed by atoms with Gasteiger partial charge in [0.25, 0.3) is 0 Å². The molecule has 0 radical (unpaired) electrons. The standard InChI is InChI=1S/C12H16N4O2S/c1-12(2,3)18-9(17)7-16-10-8(6-14-16)5-13-11(15-10)19-4/h5-6H,7H2,1-4H3. The molecule has 0 unspecified atom stereocenters. The molecule has 0 aliphatic heterocycles. The summed E-state index contributed by atoms with van der Waals surface area (Å²) in [5.74, 6) is -0.332. The van der Waals surface area contributed by atoms with Crippen molar-refractivity contribution in [3.05, 3.63) is 12.4 Å². The molecule has 2 rings (SSSR count). The average molecular weight is 280 g/mol. The number of ether oxygens (including phenoxy) is 1. The van der Waals surface area contributed by atoms with Crippen molar-refractivity contribution in [2.24, 2.45) is 0 Å². The molecule has 0 fully saturated rings. The highest BCUT2D eigenvalue weighted by molar-refractivity contribution is 7.98. The lowest BCUT2D eigenvalue weighted by molar-refractivity contribution is -0.155. The summed E-state index contributed by atoms with van der Waals surface area (Å²) in [6, 6.07) is 0. The highest BCUT2D eigenvalue weighted by Gasteiger charge is 2.18. The highest BCUT2D eigenvalue weighted by atomic mass is 32.2. The average Bonchev–Trinajstić information content (AvgIpc) is 2.69. The van der Waals surface area contributed by atoms with Gasteiger partial charge in [-0.3, -0.25) is 4.79 Å². The van der Waals surface area contributed by atoms with Gasteiger partial charge in [0.1, 0.15) is 12.1 Å². The minimum atomic E-state index is -0.501. The SMILES string of the molecule is CSc1ncc2cnn(CC(=O)OC(C)(C)C)c2n1. The Bertz CT molecular complexity index is 603. The highest BCUT2D eigenvalue weighted by Crippen LogP contribution is 2.15. The smallest absolute Gasteiger partial charge is 0.328 e. The van der Waals surface area contributed by atoms with Crippen molar-refractivity contribution in [2.45, 2.75) is 38.1 Å². The van der Waals surface area contributed by atoms with E-state index in [9.17, 15) is 4.79 Å². The van der Waals surface area contributed by atoms with Gasteiger partial charge in [0.05, 0.1) is 11.6 Å². The van der Waals surface area contributed by atoms with E-state index in [2.05, 4.69) is 15.1 Å². The van der Waals surface area contributed by atoms with Gasteiger partial charge >= 0.3 is 5.97 Å². The summed E-state index contributed by atoms with van der Waals surface area (Å²) < 4.78 is 6.80. The predicted molar refractivity (Wildman–Crippen MR) is 72.9 cm³/mol. The molecule has 2 aromatic heterocycles. The second kappa shape index (κ2) is 5.16. The van der Waals surface area contributed by atoms with E-state index in [0.717, 1.165) is 5.39 Å². The Hall–Kier alpha value is -1.63. The van der Waals surface area contributed by atoms with Crippen molar-refractivity contribution < 1.29 is 9.53 Å². The van der Waals surface area contributed by atoms with E-state index >= 15 is 0 Å². The molecule has 0 N–H and O–H groups in total. The van der Waals surface area contributed by atoms with Crippen LogP contribution in [-0.2, 0) is 16.1 Å². The van der Waals surface area contributed by atoms with Crippen molar-refractivity contribution >= 4 is 28.8 Å². The molecule has 19 heavy (non-hydrogen) atoms. The van der Waals surface area contributed by atoms with E-state index in [1.165, 1.54) is 16.4 Å². The van der Waals surface area contributed by atoms with Gasteiger partial charge in [0.2, 0.25) is 0 Å². The van der Waals surface area contributed by atoms with Gasteiger partial charge in [-0.25, -0.2) is 14.6 Å². The summed E-state index contributed by atoms with van der Waals surface area (Å²) in [4.78, 5) is 20.3. The number of hydrogen-bond donors (Lipinski definition) is 0. The zero-order chi connectivity index (χ0) is 14.0. The Morgan fingerprint density at radius 3 is 2.79 bits per heavy atom. The van der Waals surface area contributed by atoms with Crippen LogP contribution in [0, 0.1) is 0 Å². The molecular weight excluding hydrogens is 264 g/mol. The zero-order valence-electron chi connectivity index (χ0n) is 11.4. The number of aromatic nitrogens is 4. The fourth-order valence-electron chi connectivity index (χ4n) is 1.56. The molecule has 2 aromatic rings. The van der Waals surface area contributed by atoms with Crippen LogP contribution in [-0.4, -0.2) is 37.6 Å². The summed E-state index contributed by atoms with van der Waals surface area (Å²) in [5, 5.41) is 5.60. The minimum Gasteiger partial charge on any atom is -0.459 e. The molecule has 0 aliphatic carbocycles. The van der Waals surface area contributed by atoms with Gasteiger partial charge in [-0.1, -0.05) is 11.8 Å². The van der Waals surface area contributed by atoms with Crippen molar-refractivity contribution in [1.29, 1.82) is 0 Å². The van der Waals surface area contributed by atoms with Crippen molar-refractivity contribution in [2.75, 3.05) is 6.26 Å². The Labute approximate surface area is 115 Å². The van der Waals surface area contributed by atoms with E-state index in [4.69, 9.17) is 4.74 Å². The number of nitrogens with zero attached hydrogens (tertiary/aromatic N) is 4. The first kappa shape index (κ1) is 13.8. The molecule has 0 saturated heterocycles. The van der Waals surface area contributed by atoms with E-state index < -0.39 is 5.60 Å². The molecule has 0 saturated carbocycles. The summed E-state index contributed by atoms with van der Waals surface area (Å²) in [6.45, 7) is 5.55. The van der Waals surface area contributed by atoms with Crippen LogP contribution in [0.3, 0.4) is 0 Å². The lowest BCUT2D eigenvalue weighted by Crippen LogP contribution is -2.26. The minimum absolute atomic E-state index is 0.0472. The largest absolute Gasteiger partial charge is 0.459 e.